The molecule has 4 aliphatic rings. The molecule has 4 aliphatic heterocycles. The summed E-state index contributed by atoms with van der Waals surface area (Å²) in [5.74, 6) is 3.66. The molecule has 49 heavy (non-hydrogen) atoms. The van der Waals surface area contributed by atoms with Crippen LogP contribution in [0.15, 0.2) is 77.8 Å². The first kappa shape index (κ1) is 31.3. The van der Waals surface area contributed by atoms with Crippen molar-refractivity contribution in [1.29, 1.82) is 0 Å². The van der Waals surface area contributed by atoms with Crippen molar-refractivity contribution in [2.45, 2.75) is 31.5 Å². The Morgan fingerprint density at radius 1 is 0.694 bits per heavy atom. The lowest BCUT2D eigenvalue weighted by Gasteiger charge is -2.20. The van der Waals surface area contributed by atoms with E-state index in [4.69, 9.17) is 52.4 Å². The molecule has 0 bridgehead atoms. The van der Waals surface area contributed by atoms with Gasteiger partial charge in [-0.05, 0) is 83.9 Å². The van der Waals surface area contributed by atoms with Gasteiger partial charge in [-0.3, -0.25) is 4.99 Å². The second-order valence-corrected chi connectivity index (χ2v) is 11.8. The number of ether oxygens (including phenoxy) is 10. The van der Waals surface area contributed by atoms with Crippen LogP contribution in [0.3, 0.4) is 0 Å². The maximum absolute atomic E-state index is 6.30. The number of nitrogens with one attached hydrogen (secondary N) is 1. The van der Waals surface area contributed by atoms with Gasteiger partial charge in [0.1, 0.15) is 44.0 Å². The van der Waals surface area contributed by atoms with Crippen molar-refractivity contribution in [2.24, 2.45) is 4.99 Å². The fourth-order valence-corrected chi connectivity index (χ4v) is 5.13. The van der Waals surface area contributed by atoms with Crippen LogP contribution in [0.4, 0.5) is 11.4 Å². The van der Waals surface area contributed by atoms with Gasteiger partial charge in [0.2, 0.25) is 18.9 Å². The van der Waals surface area contributed by atoms with E-state index < -0.39 is 0 Å². The van der Waals surface area contributed by atoms with Crippen LogP contribution < -0.4 is 33.7 Å². The summed E-state index contributed by atoms with van der Waals surface area (Å²) in [6.45, 7) is 3.41. The van der Waals surface area contributed by atoms with E-state index in [-0.39, 0.29) is 25.0 Å². The van der Waals surface area contributed by atoms with Crippen LogP contribution in [0.1, 0.15) is 11.1 Å². The Kier molecular flexibility index (Phi) is 8.84. The standard InChI is InChI=1S/C37H36N2O10/c1-40-31-13-22(15-38-24-3-7-26(8-4-24)42-17-28-18-43-28)11-29(36(31)48-34-20-45-34)30-12-23(14-32(41-2)37(30)49-35-21-46-35)16-39-25-5-9-27(10-6-25)47-33-19-44-33/h3-15,28,33-35,39H,16-21H2,1-2H3. The van der Waals surface area contributed by atoms with Crippen molar-refractivity contribution in [1.82, 2.24) is 0 Å². The third-order valence-electron chi connectivity index (χ3n) is 7.98. The highest BCUT2D eigenvalue weighted by molar-refractivity contribution is 5.90. The van der Waals surface area contributed by atoms with E-state index >= 15 is 0 Å². The lowest BCUT2D eigenvalue weighted by molar-refractivity contribution is 0.171. The summed E-state index contributed by atoms with van der Waals surface area (Å²) in [4.78, 5) is 4.73. The van der Waals surface area contributed by atoms with Gasteiger partial charge in [0.15, 0.2) is 23.0 Å². The Bertz CT molecular complexity index is 1800. The quantitative estimate of drug-likeness (QED) is 0.110. The van der Waals surface area contributed by atoms with E-state index in [1.165, 1.54) is 0 Å². The molecule has 4 aromatic carbocycles. The number of anilines is 1. The van der Waals surface area contributed by atoms with Gasteiger partial charge in [-0.2, -0.15) is 0 Å². The lowest BCUT2D eigenvalue weighted by Crippen LogP contribution is -2.07. The van der Waals surface area contributed by atoms with Crippen LogP contribution in [0.25, 0.3) is 11.1 Å². The molecule has 12 nitrogen and oxygen atoms in total. The Balaban J connectivity index is 1.11. The van der Waals surface area contributed by atoms with Gasteiger partial charge >= 0.3 is 0 Å². The number of epoxide rings is 4. The van der Waals surface area contributed by atoms with E-state index in [1.807, 2.05) is 66.7 Å². The summed E-state index contributed by atoms with van der Waals surface area (Å²) in [7, 11) is 3.23. The molecule has 12 heteroatoms. The van der Waals surface area contributed by atoms with Gasteiger partial charge in [0, 0.05) is 29.6 Å². The van der Waals surface area contributed by atoms with Gasteiger partial charge in [-0.1, -0.05) is 0 Å². The molecule has 4 aromatic rings. The molecule has 0 spiro atoms. The molecular weight excluding hydrogens is 632 g/mol. The smallest absolute Gasteiger partial charge is 0.224 e. The van der Waals surface area contributed by atoms with Crippen LogP contribution >= 0.6 is 0 Å². The van der Waals surface area contributed by atoms with Gasteiger partial charge in [0.05, 0.1) is 26.5 Å². The number of methoxy groups -OCH3 is 2. The molecule has 4 heterocycles. The van der Waals surface area contributed by atoms with Crippen molar-refractivity contribution in [3.8, 4) is 45.6 Å². The highest BCUT2D eigenvalue weighted by atomic mass is 16.8. The van der Waals surface area contributed by atoms with Crippen molar-refractivity contribution in [2.75, 3.05) is 52.6 Å². The average Bonchev–Trinajstić information content (AvgIpc) is 3.91. The van der Waals surface area contributed by atoms with Gasteiger partial charge in [-0.15, -0.1) is 0 Å². The Morgan fingerprint density at radius 3 is 1.90 bits per heavy atom. The summed E-state index contributed by atoms with van der Waals surface area (Å²) in [6, 6.07) is 23.3. The molecule has 0 saturated carbocycles. The second-order valence-electron chi connectivity index (χ2n) is 11.8. The molecule has 0 aromatic heterocycles. The van der Waals surface area contributed by atoms with Crippen LogP contribution in [-0.2, 0) is 25.5 Å². The Morgan fingerprint density at radius 2 is 1.29 bits per heavy atom. The number of rotatable bonds is 17. The predicted octanol–water partition coefficient (Wildman–Crippen LogP) is 5.72. The van der Waals surface area contributed by atoms with E-state index in [2.05, 4.69) is 11.4 Å². The first-order chi connectivity index (χ1) is 24.1. The SMILES string of the molecule is COc1cc(C=Nc2ccc(OCC3CO3)cc2)cc(-c2cc(CNc3ccc(OC4CO4)cc3)cc(OC)c2OC2CO2)c1OC1CO1. The first-order valence-corrected chi connectivity index (χ1v) is 16.1. The lowest BCUT2D eigenvalue weighted by atomic mass is 9.97. The van der Waals surface area contributed by atoms with E-state index in [0.29, 0.717) is 56.0 Å². The van der Waals surface area contributed by atoms with E-state index in [0.717, 1.165) is 51.7 Å². The zero-order valence-electron chi connectivity index (χ0n) is 27.1. The molecule has 1 N–H and O–H groups in total. The molecule has 0 amide bonds. The van der Waals surface area contributed by atoms with Crippen molar-refractivity contribution < 1.29 is 47.4 Å². The monoisotopic (exact) mass is 668 g/mol. The summed E-state index contributed by atoms with van der Waals surface area (Å²) >= 11 is 0. The Hall–Kier alpha value is -5.01. The Labute approximate surface area is 283 Å². The number of hydrogen-bond donors (Lipinski definition) is 1. The number of nitrogens with zero attached hydrogens (tertiary/aromatic N) is 1. The number of benzene rings is 4. The van der Waals surface area contributed by atoms with Gasteiger partial charge < -0.3 is 52.7 Å². The zero-order valence-corrected chi connectivity index (χ0v) is 27.1. The first-order valence-electron chi connectivity index (χ1n) is 16.1. The second kappa shape index (κ2) is 13.8. The molecule has 8 rings (SSSR count). The minimum absolute atomic E-state index is 0.144. The summed E-state index contributed by atoms with van der Waals surface area (Å²) in [5, 5.41) is 3.49. The molecule has 254 valence electrons. The largest absolute Gasteiger partial charge is 0.493 e. The zero-order chi connectivity index (χ0) is 33.2. The number of hydrogen-bond acceptors (Lipinski definition) is 12. The minimum Gasteiger partial charge on any atom is -0.493 e. The van der Waals surface area contributed by atoms with Crippen molar-refractivity contribution in [3.05, 3.63) is 83.9 Å². The maximum Gasteiger partial charge on any atom is 0.224 e. The molecule has 4 unspecified atom stereocenters. The fraction of sp³-hybridized carbons (Fsp3) is 0.324. The summed E-state index contributed by atoms with van der Waals surface area (Å²) in [6.07, 6.45) is 1.09. The normalized spacial score (nSPS) is 21.5. The number of aliphatic imine (C=N–C) groups is 1. The third-order valence-corrected chi connectivity index (χ3v) is 7.98. The third kappa shape index (κ3) is 8.18. The highest BCUT2D eigenvalue weighted by Crippen LogP contribution is 2.48. The molecule has 0 radical (unpaired) electrons. The average molecular weight is 669 g/mol. The van der Waals surface area contributed by atoms with Crippen LogP contribution in [-0.4, -0.2) is 78.4 Å². The van der Waals surface area contributed by atoms with Crippen LogP contribution in [0, 0.1) is 0 Å². The van der Waals surface area contributed by atoms with E-state index in [9.17, 15) is 0 Å². The predicted molar refractivity (Wildman–Crippen MR) is 179 cm³/mol. The summed E-state index contributed by atoms with van der Waals surface area (Å²) in [5.41, 5.74) is 4.91. The molecule has 4 fully saturated rings. The van der Waals surface area contributed by atoms with Crippen molar-refractivity contribution in [3.63, 3.8) is 0 Å². The maximum atomic E-state index is 6.30. The van der Waals surface area contributed by atoms with Crippen LogP contribution in [0.2, 0.25) is 0 Å². The van der Waals surface area contributed by atoms with E-state index in [1.54, 1.807) is 20.4 Å². The van der Waals surface area contributed by atoms with Gasteiger partial charge in [-0.25, -0.2) is 0 Å². The highest BCUT2D eigenvalue weighted by Gasteiger charge is 2.32. The van der Waals surface area contributed by atoms with Gasteiger partial charge in [0.25, 0.3) is 0 Å². The minimum atomic E-state index is -0.374. The molecular formula is C37H36N2O10. The molecule has 0 aliphatic carbocycles. The summed E-state index contributed by atoms with van der Waals surface area (Å²) < 4.78 is 57.1. The van der Waals surface area contributed by atoms with Crippen LogP contribution in [0.5, 0.6) is 34.5 Å². The van der Waals surface area contributed by atoms with Crippen molar-refractivity contribution >= 4 is 17.6 Å². The molecule has 4 saturated heterocycles. The topological polar surface area (TPSA) is 130 Å². The molecule has 4 atom stereocenters. The fourth-order valence-electron chi connectivity index (χ4n) is 5.13.